The van der Waals surface area contributed by atoms with Gasteiger partial charge in [0.05, 0.1) is 0 Å². The maximum atomic E-state index is 5.70. The summed E-state index contributed by atoms with van der Waals surface area (Å²) in [5.74, 6) is 0.454. The Morgan fingerprint density at radius 2 is 1.67 bits per heavy atom. The fraction of sp³-hybridized carbons (Fsp3) is 0.143. The molecule has 3 rings (SSSR count). The number of nitrogens with two attached hydrogens (primary N) is 1. The fourth-order valence-corrected chi connectivity index (χ4v) is 2.41. The van der Waals surface area contributed by atoms with Crippen LogP contribution in [-0.4, -0.2) is 6.54 Å². The zero-order valence-corrected chi connectivity index (χ0v) is 8.48. The first kappa shape index (κ1) is 8.69. The molecule has 0 aromatic carbocycles. The van der Waals surface area contributed by atoms with E-state index in [-0.39, 0.29) is 0 Å². The molecule has 0 fully saturated rings. The molecule has 0 spiro atoms. The molecule has 2 N–H and O–H groups in total. The molecule has 3 aliphatic rings. The van der Waals surface area contributed by atoms with E-state index in [1.807, 2.05) is 0 Å². The predicted molar refractivity (Wildman–Crippen MR) is 63.2 cm³/mol. The second kappa shape index (κ2) is 3.21. The first-order chi connectivity index (χ1) is 7.38. The Morgan fingerprint density at radius 3 is 2.47 bits per heavy atom. The molecule has 1 heteroatoms. The minimum atomic E-state index is 0.454. The Labute approximate surface area is 89.7 Å². The third-order valence-electron chi connectivity index (χ3n) is 3.09. The van der Waals surface area contributed by atoms with Crippen LogP contribution in [0.15, 0.2) is 70.9 Å². The van der Waals surface area contributed by atoms with Gasteiger partial charge in [0.15, 0.2) is 0 Å². The lowest BCUT2D eigenvalue weighted by Crippen LogP contribution is -2.17. The van der Waals surface area contributed by atoms with E-state index in [4.69, 9.17) is 5.73 Å². The zero-order valence-electron chi connectivity index (χ0n) is 8.48. The van der Waals surface area contributed by atoms with Crippen LogP contribution in [0.2, 0.25) is 0 Å². The van der Waals surface area contributed by atoms with Crippen LogP contribution in [0.4, 0.5) is 0 Å². The van der Waals surface area contributed by atoms with Crippen molar-refractivity contribution in [2.24, 2.45) is 11.7 Å². The summed E-state index contributed by atoms with van der Waals surface area (Å²) in [5, 5.41) is 0. The van der Waals surface area contributed by atoms with Crippen molar-refractivity contribution >= 4 is 0 Å². The molecule has 74 valence electrons. The van der Waals surface area contributed by atoms with Crippen molar-refractivity contribution in [3.05, 3.63) is 70.9 Å². The average Bonchev–Trinajstić information content (AvgIpc) is 2.29. The Morgan fingerprint density at radius 1 is 0.933 bits per heavy atom. The van der Waals surface area contributed by atoms with Crippen molar-refractivity contribution in [1.29, 1.82) is 0 Å². The monoisotopic (exact) mass is 195 g/mol. The molecule has 0 aromatic heterocycles. The van der Waals surface area contributed by atoms with Crippen molar-refractivity contribution < 1.29 is 0 Å². The molecular weight excluding hydrogens is 182 g/mol. The van der Waals surface area contributed by atoms with Gasteiger partial charge in [-0.25, -0.2) is 0 Å². The molecule has 0 radical (unpaired) electrons. The second-order valence-electron chi connectivity index (χ2n) is 4.05. The number of allylic oxidation sites excluding steroid dienone is 10. The summed E-state index contributed by atoms with van der Waals surface area (Å²) in [5.41, 5.74) is 11.0. The summed E-state index contributed by atoms with van der Waals surface area (Å²) in [4.78, 5) is 0. The van der Waals surface area contributed by atoms with Gasteiger partial charge in [-0.1, -0.05) is 48.6 Å². The Balaban J connectivity index is 2.16. The predicted octanol–water partition coefficient (Wildman–Crippen LogP) is 2.42. The van der Waals surface area contributed by atoms with E-state index >= 15 is 0 Å². The molecule has 0 bridgehead atoms. The highest BCUT2D eigenvalue weighted by atomic mass is 14.5. The molecule has 0 aliphatic heterocycles. The first-order valence-electron chi connectivity index (χ1n) is 5.27. The normalized spacial score (nSPS) is 26.3. The second-order valence-corrected chi connectivity index (χ2v) is 4.05. The van der Waals surface area contributed by atoms with E-state index in [1.54, 1.807) is 0 Å². The van der Waals surface area contributed by atoms with E-state index in [2.05, 4.69) is 48.6 Å². The minimum absolute atomic E-state index is 0.454. The van der Waals surface area contributed by atoms with Crippen molar-refractivity contribution in [2.75, 3.05) is 6.54 Å². The minimum Gasteiger partial charge on any atom is -0.326 e. The van der Waals surface area contributed by atoms with Crippen LogP contribution < -0.4 is 5.73 Å². The molecule has 0 aromatic rings. The summed E-state index contributed by atoms with van der Waals surface area (Å²) in [6.45, 7) is 0.615. The van der Waals surface area contributed by atoms with E-state index in [0.717, 1.165) is 0 Å². The fourth-order valence-electron chi connectivity index (χ4n) is 2.41. The van der Waals surface area contributed by atoms with Gasteiger partial charge < -0.3 is 5.73 Å². The quantitative estimate of drug-likeness (QED) is 0.683. The summed E-state index contributed by atoms with van der Waals surface area (Å²) >= 11 is 0. The van der Waals surface area contributed by atoms with Gasteiger partial charge in [0.1, 0.15) is 0 Å². The molecule has 1 atom stereocenters. The Bertz CT molecular complexity index is 479. The van der Waals surface area contributed by atoms with Crippen molar-refractivity contribution in [2.45, 2.75) is 0 Å². The van der Waals surface area contributed by atoms with E-state index in [0.29, 0.717) is 12.5 Å². The van der Waals surface area contributed by atoms with Gasteiger partial charge in [-0.3, -0.25) is 0 Å². The smallest absolute Gasteiger partial charge is 0.0340 e. The third-order valence-corrected chi connectivity index (χ3v) is 3.09. The maximum Gasteiger partial charge on any atom is 0.0340 e. The largest absolute Gasteiger partial charge is 0.326 e. The standard InChI is InChI=1S/C14H13N/c15-9-10-7-12-5-1-3-11-4-2-6-13(8-10)14(11)12/h1-8,14H,9,15H2. The van der Waals surface area contributed by atoms with Gasteiger partial charge >= 0.3 is 0 Å². The van der Waals surface area contributed by atoms with Crippen LogP contribution in [0.1, 0.15) is 0 Å². The van der Waals surface area contributed by atoms with E-state index in [1.165, 1.54) is 22.3 Å². The van der Waals surface area contributed by atoms with Crippen LogP contribution in [0.5, 0.6) is 0 Å². The van der Waals surface area contributed by atoms with Crippen LogP contribution >= 0.6 is 0 Å². The number of rotatable bonds is 1. The summed E-state index contributed by atoms with van der Waals surface area (Å²) in [6, 6.07) is 0. The molecule has 0 amide bonds. The zero-order chi connectivity index (χ0) is 10.3. The van der Waals surface area contributed by atoms with Crippen LogP contribution in [0.25, 0.3) is 0 Å². The lowest BCUT2D eigenvalue weighted by atomic mass is 9.75. The van der Waals surface area contributed by atoms with E-state index in [9.17, 15) is 0 Å². The van der Waals surface area contributed by atoms with Gasteiger partial charge in [-0.15, -0.1) is 0 Å². The van der Waals surface area contributed by atoms with Gasteiger partial charge in [-0.05, 0) is 22.3 Å². The van der Waals surface area contributed by atoms with E-state index < -0.39 is 0 Å². The third kappa shape index (κ3) is 1.28. The molecule has 0 heterocycles. The molecule has 1 nitrogen and oxygen atoms in total. The SMILES string of the molecule is NCC1=CC2=CC=CC3=CC=CC(=C1)C32. The Hall–Kier alpha value is -1.60. The molecule has 0 saturated heterocycles. The van der Waals surface area contributed by atoms with Gasteiger partial charge in [-0.2, -0.15) is 0 Å². The van der Waals surface area contributed by atoms with Gasteiger partial charge in [0.2, 0.25) is 0 Å². The number of hydrogen-bond donors (Lipinski definition) is 1. The number of hydrogen-bond acceptors (Lipinski definition) is 1. The topological polar surface area (TPSA) is 26.0 Å². The average molecular weight is 195 g/mol. The summed E-state index contributed by atoms with van der Waals surface area (Å²) < 4.78 is 0. The first-order valence-corrected chi connectivity index (χ1v) is 5.27. The van der Waals surface area contributed by atoms with Crippen LogP contribution in [0, 0.1) is 5.92 Å². The van der Waals surface area contributed by atoms with Crippen LogP contribution in [0.3, 0.4) is 0 Å². The van der Waals surface area contributed by atoms with Crippen molar-refractivity contribution in [1.82, 2.24) is 0 Å². The molecule has 0 saturated carbocycles. The molecule has 1 unspecified atom stereocenters. The molecule has 15 heavy (non-hydrogen) atoms. The Kier molecular flexibility index (Phi) is 1.86. The summed E-state index contributed by atoms with van der Waals surface area (Å²) in [6.07, 6.45) is 17.4. The highest BCUT2D eigenvalue weighted by Gasteiger charge is 2.25. The lowest BCUT2D eigenvalue weighted by Gasteiger charge is -2.29. The highest BCUT2D eigenvalue weighted by molar-refractivity contribution is 5.59. The van der Waals surface area contributed by atoms with Gasteiger partial charge in [0, 0.05) is 12.5 Å². The lowest BCUT2D eigenvalue weighted by molar-refractivity contribution is 0.866. The molecular formula is C14H13N. The van der Waals surface area contributed by atoms with Gasteiger partial charge in [0.25, 0.3) is 0 Å². The molecule has 3 aliphatic carbocycles. The van der Waals surface area contributed by atoms with Crippen molar-refractivity contribution in [3.63, 3.8) is 0 Å². The summed E-state index contributed by atoms with van der Waals surface area (Å²) in [7, 11) is 0. The van der Waals surface area contributed by atoms with Crippen LogP contribution in [-0.2, 0) is 0 Å². The highest BCUT2D eigenvalue weighted by Crippen LogP contribution is 2.39. The van der Waals surface area contributed by atoms with Crippen molar-refractivity contribution in [3.8, 4) is 0 Å². The maximum absolute atomic E-state index is 5.70.